The molecular formula is C11H16N4O3. The molecule has 0 aliphatic heterocycles. The van der Waals surface area contributed by atoms with Gasteiger partial charge in [0.15, 0.2) is 0 Å². The number of aromatic nitrogens is 2. The molecule has 0 radical (unpaired) electrons. The molecule has 0 amide bonds. The van der Waals surface area contributed by atoms with E-state index in [9.17, 15) is 10.1 Å². The number of anilines is 1. The van der Waals surface area contributed by atoms with Crippen LogP contribution in [0, 0.1) is 17.0 Å². The van der Waals surface area contributed by atoms with Crippen molar-refractivity contribution in [2.24, 2.45) is 0 Å². The first-order chi connectivity index (χ1) is 8.45. The molecule has 1 N–H and O–H groups in total. The normalized spacial score (nSPS) is 9.94. The van der Waals surface area contributed by atoms with Crippen molar-refractivity contribution in [2.75, 3.05) is 19.0 Å². The van der Waals surface area contributed by atoms with Crippen LogP contribution in [-0.4, -0.2) is 28.5 Å². The number of rotatable bonds is 6. The summed E-state index contributed by atoms with van der Waals surface area (Å²) >= 11 is 0. The smallest absolute Gasteiger partial charge is 0.352 e. The second kappa shape index (κ2) is 5.95. The van der Waals surface area contributed by atoms with Gasteiger partial charge in [0, 0.05) is 13.5 Å². The third-order valence-electron chi connectivity index (χ3n) is 2.20. The number of nitro groups is 1. The van der Waals surface area contributed by atoms with E-state index in [1.165, 1.54) is 0 Å². The monoisotopic (exact) mass is 252 g/mol. The lowest BCUT2D eigenvalue weighted by atomic mass is 10.3. The summed E-state index contributed by atoms with van der Waals surface area (Å²) in [6.07, 6.45) is 0.620. The minimum Gasteiger partial charge on any atom is -0.472 e. The molecule has 1 rings (SSSR count). The van der Waals surface area contributed by atoms with Crippen LogP contribution in [0.1, 0.15) is 19.0 Å². The van der Waals surface area contributed by atoms with Gasteiger partial charge in [0.05, 0.1) is 11.5 Å². The standard InChI is InChI=1S/C11H16N4O3/c1-7(2)5-6-18-10-9(15(16)17)8(3)13-11(12-4)14-10/h1,5-6H2,2-4H3,(H,12,13,14). The Balaban J connectivity index is 3.01. The van der Waals surface area contributed by atoms with Gasteiger partial charge in [-0.2, -0.15) is 4.98 Å². The molecule has 0 aliphatic rings. The molecule has 0 aliphatic carbocycles. The maximum Gasteiger partial charge on any atom is 0.352 e. The second-order valence-corrected chi connectivity index (χ2v) is 3.85. The van der Waals surface area contributed by atoms with Crippen LogP contribution in [0.5, 0.6) is 5.88 Å². The van der Waals surface area contributed by atoms with E-state index in [4.69, 9.17) is 4.74 Å². The summed E-state index contributed by atoms with van der Waals surface area (Å²) in [5.41, 5.74) is 1.01. The molecule has 7 nitrogen and oxygen atoms in total. The quantitative estimate of drug-likeness (QED) is 0.473. The zero-order chi connectivity index (χ0) is 13.7. The number of aryl methyl sites for hydroxylation is 1. The first kappa shape index (κ1) is 13.9. The molecule has 0 atom stereocenters. The molecule has 1 heterocycles. The highest BCUT2D eigenvalue weighted by Crippen LogP contribution is 2.28. The summed E-state index contributed by atoms with van der Waals surface area (Å²) in [6, 6.07) is 0. The third-order valence-corrected chi connectivity index (χ3v) is 2.20. The van der Waals surface area contributed by atoms with Crippen molar-refractivity contribution in [3.05, 3.63) is 28.0 Å². The molecule has 0 fully saturated rings. The number of nitrogens with one attached hydrogen (secondary N) is 1. The maximum absolute atomic E-state index is 10.9. The van der Waals surface area contributed by atoms with E-state index in [-0.39, 0.29) is 17.3 Å². The average Bonchev–Trinajstić information content (AvgIpc) is 2.27. The summed E-state index contributed by atoms with van der Waals surface area (Å²) in [5.74, 6) is 0.279. The summed E-state index contributed by atoms with van der Waals surface area (Å²) in [4.78, 5) is 18.3. The summed E-state index contributed by atoms with van der Waals surface area (Å²) in [6.45, 7) is 7.45. The van der Waals surface area contributed by atoms with Crippen molar-refractivity contribution in [3.8, 4) is 5.88 Å². The van der Waals surface area contributed by atoms with Gasteiger partial charge in [0.2, 0.25) is 5.95 Å². The zero-order valence-corrected chi connectivity index (χ0v) is 10.7. The Morgan fingerprint density at radius 2 is 2.22 bits per heavy atom. The lowest BCUT2D eigenvalue weighted by Gasteiger charge is -2.08. The lowest BCUT2D eigenvalue weighted by molar-refractivity contribution is -0.387. The van der Waals surface area contributed by atoms with Crippen molar-refractivity contribution < 1.29 is 9.66 Å². The van der Waals surface area contributed by atoms with E-state index in [2.05, 4.69) is 21.9 Å². The summed E-state index contributed by atoms with van der Waals surface area (Å²) < 4.78 is 5.34. The van der Waals surface area contributed by atoms with Crippen LogP contribution >= 0.6 is 0 Å². The van der Waals surface area contributed by atoms with Crippen molar-refractivity contribution in [2.45, 2.75) is 20.3 Å². The van der Waals surface area contributed by atoms with Crippen LogP contribution in [0.2, 0.25) is 0 Å². The molecule has 18 heavy (non-hydrogen) atoms. The number of hydrogen-bond acceptors (Lipinski definition) is 6. The third kappa shape index (κ3) is 3.41. The van der Waals surface area contributed by atoms with Crippen LogP contribution in [-0.2, 0) is 0 Å². The van der Waals surface area contributed by atoms with E-state index in [0.717, 1.165) is 5.57 Å². The Morgan fingerprint density at radius 1 is 1.56 bits per heavy atom. The van der Waals surface area contributed by atoms with Crippen molar-refractivity contribution in [1.82, 2.24) is 9.97 Å². The fourth-order valence-electron chi connectivity index (χ4n) is 1.29. The van der Waals surface area contributed by atoms with E-state index < -0.39 is 4.92 Å². The topological polar surface area (TPSA) is 90.2 Å². The molecular weight excluding hydrogens is 236 g/mol. The van der Waals surface area contributed by atoms with Crippen LogP contribution < -0.4 is 10.1 Å². The SMILES string of the molecule is C=C(C)CCOc1nc(NC)nc(C)c1[N+](=O)[O-]. The van der Waals surface area contributed by atoms with Gasteiger partial charge >= 0.3 is 5.69 Å². The number of nitrogens with zero attached hydrogens (tertiary/aromatic N) is 3. The molecule has 0 spiro atoms. The first-order valence-corrected chi connectivity index (χ1v) is 5.43. The highest BCUT2D eigenvalue weighted by atomic mass is 16.6. The Kier molecular flexibility index (Phi) is 4.59. The van der Waals surface area contributed by atoms with E-state index >= 15 is 0 Å². The molecule has 0 saturated heterocycles. The minimum absolute atomic E-state index is 0.0156. The van der Waals surface area contributed by atoms with Gasteiger partial charge in [0.1, 0.15) is 5.69 Å². The molecule has 0 bridgehead atoms. The van der Waals surface area contributed by atoms with Gasteiger partial charge in [-0.05, 0) is 13.8 Å². The Hall–Kier alpha value is -2.18. The Labute approximate surface area is 105 Å². The molecule has 98 valence electrons. The van der Waals surface area contributed by atoms with Crippen molar-refractivity contribution in [3.63, 3.8) is 0 Å². The summed E-state index contributed by atoms with van der Waals surface area (Å²) in [5, 5.41) is 13.7. The predicted octanol–water partition coefficient (Wildman–Crippen LogP) is 2.08. The largest absolute Gasteiger partial charge is 0.472 e. The predicted molar refractivity (Wildman–Crippen MR) is 67.9 cm³/mol. The fraction of sp³-hybridized carbons (Fsp3) is 0.455. The first-order valence-electron chi connectivity index (χ1n) is 5.43. The maximum atomic E-state index is 10.9. The Morgan fingerprint density at radius 3 is 2.72 bits per heavy atom. The number of hydrogen-bond donors (Lipinski definition) is 1. The molecule has 0 aromatic carbocycles. The summed E-state index contributed by atoms with van der Waals surface area (Å²) in [7, 11) is 1.64. The van der Waals surface area contributed by atoms with E-state index in [0.29, 0.717) is 19.0 Å². The van der Waals surface area contributed by atoms with Crippen LogP contribution in [0.15, 0.2) is 12.2 Å². The zero-order valence-electron chi connectivity index (χ0n) is 10.7. The number of ether oxygens (including phenoxy) is 1. The van der Waals surface area contributed by atoms with Gasteiger partial charge in [-0.25, -0.2) is 4.98 Å². The van der Waals surface area contributed by atoms with Gasteiger partial charge in [-0.1, -0.05) is 5.57 Å². The molecule has 7 heteroatoms. The second-order valence-electron chi connectivity index (χ2n) is 3.85. The van der Waals surface area contributed by atoms with Crippen LogP contribution in [0.3, 0.4) is 0 Å². The van der Waals surface area contributed by atoms with Gasteiger partial charge in [-0.15, -0.1) is 6.58 Å². The molecule has 1 aromatic rings. The van der Waals surface area contributed by atoms with Crippen molar-refractivity contribution >= 4 is 11.6 Å². The van der Waals surface area contributed by atoms with Gasteiger partial charge in [-0.3, -0.25) is 10.1 Å². The van der Waals surface area contributed by atoms with E-state index in [1.54, 1.807) is 14.0 Å². The lowest BCUT2D eigenvalue weighted by Crippen LogP contribution is -2.08. The van der Waals surface area contributed by atoms with Gasteiger partial charge < -0.3 is 10.1 Å². The molecule has 0 unspecified atom stereocenters. The van der Waals surface area contributed by atoms with Crippen LogP contribution in [0.25, 0.3) is 0 Å². The van der Waals surface area contributed by atoms with Crippen LogP contribution in [0.4, 0.5) is 11.6 Å². The highest BCUT2D eigenvalue weighted by Gasteiger charge is 2.23. The van der Waals surface area contributed by atoms with E-state index in [1.807, 2.05) is 6.92 Å². The van der Waals surface area contributed by atoms with Gasteiger partial charge in [0.25, 0.3) is 5.88 Å². The molecule has 0 saturated carbocycles. The minimum atomic E-state index is -0.537. The van der Waals surface area contributed by atoms with Crippen molar-refractivity contribution in [1.29, 1.82) is 0 Å². The Bertz CT molecular complexity index is 474. The fourth-order valence-corrected chi connectivity index (χ4v) is 1.29. The highest BCUT2D eigenvalue weighted by molar-refractivity contribution is 5.48. The average molecular weight is 252 g/mol. The molecule has 1 aromatic heterocycles.